The van der Waals surface area contributed by atoms with Crippen LogP contribution in [0, 0.1) is 18.3 Å². The first kappa shape index (κ1) is 25.0. The van der Waals surface area contributed by atoms with E-state index in [1.54, 1.807) is 6.92 Å². The molecule has 0 saturated carbocycles. The largest absolute Gasteiger partial charge is 0.368 e. The van der Waals surface area contributed by atoms with E-state index in [0.717, 1.165) is 0 Å². The fraction of sp³-hybridized carbons (Fsp3) is 0.762. The molecular formula is C21H33N4O6P. The molecule has 2 fully saturated rings. The summed E-state index contributed by atoms with van der Waals surface area (Å²) < 4.78 is 28.6. The normalized spacial score (nSPS) is 28.1. The Balaban J connectivity index is 1.93. The maximum atomic E-state index is 12.5. The Bertz CT molecular complexity index is 949. The number of aromatic amines is 1. The van der Waals surface area contributed by atoms with Gasteiger partial charge in [-0.2, -0.15) is 5.26 Å². The average Bonchev–Trinajstić information content (AvgIpc) is 3.22. The van der Waals surface area contributed by atoms with E-state index in [-0.39, 0.29) is 25.1 Å². The van der Waals surface area contributed by atoms with Crippen molar-refractivity contribution in [2.75, 3.05) is 13.2 Å². The van der Waals surface area contributed by atoms with Crippen LogP contribution < -0.4 is 11.2 Å². The summed E-state index contributed by atoms with van der Waals surface area (Å²) >= 11 is 0. The molecule has 10 nitrogen and oxygen atoms in total. The predicted octanol–water partition coefficient (Wildman–Crippen LogP) is 2.58. The predicted molar refractivity (Wildman–Crippen MR) is 119 cm³/mol. The molecule has 32 heavy (non-hydrogen) atoms. The summed E-state index contributed by atoms with van der Waals surface area (Å²) in [5.74, 6) is 0. The lowest BCUT2D eigenvalue weighted by molar-refractivity contribution is -0.175. The number of hydrogen-bond acceptors (Lipinski definition) is 8. The molecule has 0 amide bonds. The Morgan fingerprint density at radius 3 is 2.66 bits per heavy atom. The van der Waals surface area contributed by atoms with E-state index >= 15 is 0 Å². The molecule has 2 aliphatic rings. The minimum atomic E-state index is -1.51. The zero-order valence-electron chi connectivity index (χ0n) is 19.5. The Hall–Kier alpha value is -1.60. The third-order valence-electron chi connectivity index (χ3n) is 5.86. The van der Waals surface area contributed by atoms with E-state index in [0.29, 0.717) is 18.6 Å². The molecule has 0 spiro atoms. The summed E-state index contributed by atoms with van der Waals surface area (Å²) in [6.07, 6.45) is 0.651. The van der Waals surface area contributed by atoms with Crippen molar-refractivity contribution in [2.45, 2.75) is 90.5 Å². The molecule has 1 aromatic rings. The van der Waals surface area contributed by atoms with Crippen LogP contribution in [0.2, 0.25) is 0 Å². The van der Waals surface area contributed by atoms with Crippen LogP contribution in [-0.2, 0) is 18.5 Å². The quantitative estimate of drug-likeness (QED) is 0.411. The van der Waals surface area contributed by atoms with Gasteiger partial charge in [0.2, 0.25) is 0 Å². The van der Waals surface area contributed by atoms with Crippen molar-refractivity contribution in [2.24, 2.45) is 0 Å². The highest BCUT2D eigenvalue weighted by atomic mass is 31.2. The van der Waals surface area contributed by atoms with Gasteiger partial charge in [-0.3, -0.25) is 14.3 Å². The number of aryl methyl sites for hydroxylation is 1. The summed E-state index contributed by atoms with van der Waals surface area (Å²) in [5, 5.41) is 8.95. The number of nitrogens with zero attached hydrogens (tertiary/aromatic N) is 3. The first-order valence-corrected chi connectivity index (χ1v) is 12.1. The number of fused-ring (bicyclic) bond motifs is 2. The molecule has 11 heteroatoms. The van der Waals surface area contributed by atoms with Crippen molar-refractivity contribution in [3.63, 3.8) is 0 Å². The third kappa shape index (κ3) is 4.69. The van der Waals surface area contributed by atoms with Crippen molar-refractivity contribution in [3.05, 3.63) is 32.6 Å². The fourth-order valence-corrected chi connectivity index (χ4v) is 6.08. The van der Waals surface area contributed by atoms with Crippen LogP contribution >= 0.6 is 8.53 Å². The van der Waals surface area contributed by atoms with E-state index in [9.17, 15) is 9.59 Å². The van der Waals surface area contributed by atoms with Gasteiger partial charge >= 0.3 is 5.69 Å². The van der Waals surface area contributed by atoms with E-state index < -0.39 is 43.8 Å². The van der Waals surface area contributed by atoms with Gasteiger partial charge in [-0.15, -0.1) is 0 Å². The molecular weight excluding hydrogens is 435 g/mol. The lowest BCUT2D eigenvalue weighted by Crippen LogP contribution is -2.43. The molecule has 5 atom stereocenters. The van der Waals surface area contributed by atoms with Gasteiger partial charge in [0.25, 0.3) is 14.1 Å². The highest BCUT2D eigenvalue weighted by Crippen LogP contribution is 2.55. The minimum Gasteiger partial charge on any atom is -0.368 e. The number of nitrogens with one attached hydrogen (secondary N) is 1. The Morgan fingerprint density at radius 2 is 2.06 bits per heavy atom. The Morgan fingerprint density at radius 1 is 1.38 bits per heavy atom. The van der Waals surface area contributed by atoms with Crippen LogP contribution in [0.3, 0.4) is 0 Å². The van der Waals surface area contributed by atoms with E-state index in [4.69, 9.17) is 23.8 Å². The monoisotopic (exact) mass is 468 g/mol. The third-order valence-corrected chi connectivity index (χ3v) is 7.97. The molecule has 0 aromatic carbocycles. The van der Waals surface area contributed by atoms with Gasteiger partial charge in [0.15, 0.2) is 6.23 Å². The molecule has 0 aliphatic carbocycles. The van der Waals surface area contributed by atoms with Crippen LogP contribution in [0.15, 0.2) is 15.8 Å². The van der Waals surface area contributed by atoms with Crippen LogP contribution in [0.5, 0.6) is 0 Å². The van der Waals surface area contributed by atoms with Gasteiger partial charge in [-0.25, -0.2) is 9.46 Å². The first-order chi connectivity index (χ1) is 15.1. The number of rotatable bonds is 10. The number of nitriles is 1. The SMILES string of the molecule is CC[C@]12CO[C@@H](C1OP(OCCC#N)N(C(C)C)C(C)C)[C@H](n1cc(C)c(=O)[nH]c1=O)O2. The second kappa shape index (κ2) is 10.1. The molecule has 0 radical (unpaired) electrons. The van der Waals surface area contributed by atoms with E-state index in [1.165, 1.54) is 10.8 Å². The number of hydrogen-bond donors (Lipinski definition) is 1. The maximum Gasteiger partial charge on any atom is 0.330 e. The van der Waals surface area contributed by atoms with Crippen LogP contribution in [0.25, 0.3) is 0 Å². The topological polar surface area (TPSA) is 119 Å². The summed E-state index contributed by atoms with van der Waals surface area (Å²) in [5.41, 5.74) is -1.30. The van der Waals surface area contributed by atoms with Crippen molar-refractivity contribution in [1.82, 2.24) is 14.2 Å². The fourth-order valence-electron chi connectivity index (χ4n) is 4.27. The molecule has 2 unspecified atom stereocenters. The molecule has 3 heterocycles. The first-order valence-electron chi connectivity index (χ1n) is 11.0. The second-order valence-electron chi connectivity index (χ2n) is 8.75. The van der Waals surface area contributed by atoms with Crippen LogP contribution in [0.1, 0.15) is 59.3 Å². The van der Waals surface area contributed by atoms with E-state index in [2.05, 4.69) is 43.4 Å². The summed E-state index contributed by atoms with van der Waals surface area (Å²) in [6, 6.07) is 2.41. The standard InChI is InChI=1S/C21H33N4O6P/c1-7-21-12-28-16(19(30-21)24-11-15(6)18(26)23-20(24)27)17(21)31-32(29-10-8-9-22)25(13(2)3)14(4)5/h11,13-14,16-17,19H,7-8,10,12H2,1-6H3,(H,23,26,27)/t16-,17?,19+,21-,32?/m0/s1. The zero-order valence-corrected chi connectivity index (χ0v) is 20.4. The number of aromatic nitrogens is 2. The smallest absolute Gasteiger partial charge is 0.330 e. The molecule has 2 saturated heterocycles. The highest BCUT2D eigenvalue weighted by Gasteiger charge is 2.63. The van der Waals surface area contributed by atoms with Crippen LogP contribution in [0.4, 0.5) is 0 Å². The van der Waals surface area contributed by atoms with Crippen molar-refractivity contribution in [3.8, 4) is 6.07 Å². The zero-order chi connectivity index (χ0) is 23.6. The van der Waals surface area contributed by atoms with Gasteiger partial charge in [-0.1, -0.05) is 6.92 Å². The van der Waals surface area contributed by atoms with E-state index in [1.807, 2.05) is 6.92 Å². The van der Waals surface area contributed by atoms with Crippen molar-refractivity contribution < 1.29 is 18.5 Å². The minimum absolute atomic E-state index is 0.155. The Kier molecular flexibility index (Phi) is 7.92. The van der Waals surface area contributed by atoms with Crippen molar-refractivity contribution in [1.29, 1.82) is 5.26 Å². The average molecular weight is 468 g/mol. The number of H-pyrrole nitrogens is 1. The van der Waals surface area contributed by atoms with Gasteiger partial charge in [-0.05, 0) is 41.0 Å². The van der Waals surface area contributed by atoms with Crippen molar-refractivity contribution >= 4 is 8.53 Å². The Labute approximate surface area is 189 Å². The molecule has 1 aromatic heterocycles. The summed E-state index contributed by atoms with van der Waals surface area (Å²) in [4.78, 5) is 26.7. The molecule has 178 valence electrons. The second-order valence-corrected chi connectivity index (χ2v) is 10.2. The van der Waals surface area contributed by atoms with Gasteiger partial charge in [0.1, 0.15) is 17.8 Å². The van der Waals surface area contributed by atoms with Gasteiger partial charge in [0, 0.05) is 23.8 Å². The highest BCUT2D eigenvalue weighted by molar-refractivity contribution is 7.44. The summed E-state index contributed by atoms with van der Waals surface area (Å²) in [6.45, 7) is 12.5. The lowest BCUT2D eigenvalue weighted by Gasteiger charge is -2.38. The number of ether oxygens (including phenoxy) is 2. The summed E-state index contributed by atoms with van der Waals surface area (Å²) in [7, 11) is -1.51. The molecule has 2 bridgehead atoms. The molecule has 1 N–H and O–H groups in total. The molecule has 3 rings (SSSR count). The molecule has 2 aliphatic heterocycles. The van der Waals surface area contributed by atoms with Gasteiger partial charge < -0.3 is 18.5 Å². The van der Waals surface area contributed by atoms with Crippen LogP contribution in [-0.4, -0.2) is 57.3 Å². The lowest BCUT2D eigenvalue weighted by atomic mass is 9.96. The maximum absolute atomic E-state index is 12.5. The van der Waals surface area contributed by atoms with Gasteiger partial charge in [0.05, 0.1) is 25.7 Å².